The van der Waals surface area contributed by atoms with E-state index >= 15 is 0 Å². The van der Waals surface area contributed by atoms with E-state index in [2.05, 4.69) is 0 Å². The summed E-state index contributed by atoms with van der Waals surface area (Å²) < 4.78 is 40.8. The second-order valence-corrected chi connectivity index (χ2v) is 7.99. The van der Waals surface area contributed by atoms with Crippen LogP contribution in [0.4, 0.5) is 15.8 Å². The van der Waals surface area contributed by atoms with Gasteiger partial charge < -0.3 is 4.90 Å². The van der Waals surface area contributed by atoms with E-state index in [1.165, 1.54) is 22.5 Å². The summed E-state index contributed by atoms with van der Waals surface area (Å²) in [6.45, 7) is 2.60. The first-order chi connectivity index (χ1) is 12.3. The molecule has 0 N–H and O–H groups in total. The summed E-state index contributed by atoms with van der Waals surface area (Å²) in [5, 5.41) is 11.1. The van der Waals surface area contributed by atoms with E-state index in [1.54, 1.807) is 30.0 Å². The Hall–Kier alpha value is -2.52. The number of anilines is 1. The van der Waals surface area contributed by atoms with Gasteiger partial charge in [0, 0.05) is 37.8 Å². The van der Waals surface area contributed by atoms with Crippen molar-refractivity contribution in [1.82, 2.24) is 4.31 Å². The number of aryl methyl sites for hydroxylation is 1. The molecule has 0 radical (unpaired) electrons. The van der Waals surface area contributed by atoms with Gasteiger partial charge in [-0.1, -0.05) is 18.2 Å². The lowest BCUT2D eigenvalue weighted by Crippen LogP contribution is -2.48. The average molecular weight is 379 g/mol. The van der Waals surface area contributed by atoms with Crippen molar-refractivity contribution in [2.75, 3.05) is 31.1 Å². The van der Waals surface area contributed by atoms with Crippen LogP contribution in [0.15, 0.2) is 47.4 Å². The maximum atomic E-state index is 13.9. The Morgan fingerprint density at radius 2 is 1.73 bits per heavy atom. The molecule has 1 aliphatic rings. The monoisotopic (exact) mass is 379 g/mol. The minimum absolute atomic E-state index is 0.103. The predicted octanol–water partition coefficient (Wildman–Crippen LogP) is 2.55. The summed E-state index contributed by atoms with van der Waals surface area (Å²) in [5.41, 5.74) is 0.616. The second-order valence-electron chi connectivity index (χ2n) is 6.05. The van der Waals surface area contributed by atoms with Crippen LogP contribution >= 0.6 is 0 Å². The number of nitrogens with zero attached hydrogens (tertiary/aromatic N) is 3. The Morgan fingerprint density at radius 1 is 1.08 bits per heavy atom. The highest BCUT2D eigenvalue weighted by molar-refractivity contribution is 7.89. The minimum Gasteiger partial charge on any atom is -0.367 e. The Kier molecular flexibility index (Phi) is 4.92. The molecule has 0 aromatic heterocycles. The van der Waals surface area contributed by atoms with Gasteiger partial charge in [0.25, 0.3) is 5.69 Å². The normalized spacial score (nSPS) is 15.8. The van der Waals surface area contributed by atoms with Crippen LogP contribution in [0.2, 0.25) is 0 Å². The standard InChI is InChI=1S/C17H18FN3O4S/c1-13-6-7-14(12-17(13)21(22)23)26(24,25)20-10-8-19(9-11-20)16-5-3-2-4-15(16)18/h2-7,12H,8-11H2,1H3. The Labute approximate surface area is 150 Å². The quantitative estimate of drug-likeness (QED) is 0.602. The number of benzene rings is 2. The van der Waals surface area contributed by atoms with Crippen molar-refractivity contribution in [2.24, 2.45) is 0 Å². The minimum atomic E-state index is -3.84. The number of piperazine rings is 1. The van der Waals surface area contributed by atoms with Gasteiger partial charge in [0.1, 0.15) is 5.82 Å². The molecule has 2 aromatic carbocycles. The molecule has 1 saturated heterocycles. The van der Waals surface area contributed by atoms with Crippen molar-refractivity contribution >= 4 is 21.4 Å². The molecule has 2 aromatic rings. The number of para-hydroxylation sites is 1. The topological polar surface area (TPSA) is 83.8 Å². The van der Waals surface area contributed by atoms with E-state index in [-0.39, 0.29) is 29.5 Å². The molecule has 9 heteroatoms. The number of nitro benzene ring substituents is 1. The Morgan fingerprint density at radius 3 is 2.35 bits per heavy atom. The summed E-state index contributed by atoms with van der Waals surface area (Å²) in [7, 11) is -3.84. The molecule has 138 valence electrons. The summed E-state index contributed by atoms with van der Waals surface area (Å²) in [6.07, 6.45) is 0. The number of hydrogen-bond acceptors (Lipinski definition) is 5. The van der Waals surface area contributed by atoms with Crippen molar-refractivity contribution in [3.63, 3.8) is 0 Å². The molecule has 1 heterocycles. The Balaban J connectivity index is 1.79. The van der Waals surface area contributed by atoms with Crippen molar-refractivity contribution < 1.29 is 17.7 Å². The largest absolute Gasteiger partial charge is 0.367 e. The number of hydrogen-bond donors (Lipinski definition) is 0. The molecule has 3 rings (SSSR count). The highest BCUT2D eigenvalue weighted by Crippen LogP contribution is 2.26. The van der Waals surface area contributed by atoms with Crippen LogP contribution in [0, 0.1) is 22.9 Å². The lowest BCUT2D eigenvalue weighted by molar-refractivity contribution is -0.385. The molecular formula is C17H18FN3O4S. The summed E-state index contributed by atoms with van der Waals surface area (Å²) in [4.78, 5) is 12.2. The average Bonchev–Trinajstić information content (AvgIpc) is 2.62. The van der Waals surface area contributed by atoms with Gasteiger partial charge in [-0.2, -0.15) is 4.31 Å². The van der Waals surface area contributed by atoms with E-state index < -0.39 is 14.9 Å². The van der Waals surface area contributed by atoms with Crippen LogP contribution in [0.3, 0.4) is 0 Å². The van der Waals surface area contributed by atoms with Crippen LogP contribution in [-0.2, 0) is 10.0 Å². The molecule has 0 unspecified atom stereocenters. The summed E-state index contributed by atoms with van der Waals surface area (Å²) in [5.74, 6) is -0.349. The van der Waals surface area contributed by atoms with E-state index in [0.29, 0.717) is 24.3 Å². The maximum absolute atomic E-state index is 13.9. The first-order valence-electron chi connectivity index (χ1n) is 8.05. The molecule has 0 spiro atoms. The van der Waals surface area contributed by atoms with Gasteiger partial charge in [0.05, 0.1) is 15.5 Å². The van der Waals surface area contributed by atoms with Crippen LogP contribution in [-0.4, -0.2) is 43.8 Å². The molecule has 7 nitrogen and oxygen atoms in total. The number of rotatable bonds is 4. The van der Waals surface area contributed by atoms with Gasteiger partial charge in [-0.05, 0) is 25.1 Å². The predicted molar refractivity (Wildman–Crippen MR) is 95.2 cm³/mol. The second kappa shape index (κ2) is 7.00. The van der Waals surface area contributed by atoms with Gasteiger partial charge in [0.15, 0.2) is 0 Å². The summed E-state index contributed by atoms with van der Waals surface area (Å²) >= 11 is 0. The fourth-order valence-electron chi connectivity index (χ4n) is 2.97. The molecule has 0 saturated carbocycles. The van der Waals surface area contributed by atoms with Crippen LogP contribution in [0.25, 0.3) is 0 Å². The highest BCUT2D eigenvalue weighted by atomic mass is 32.2. The van der Waals surface area contributed by atoms with E-state index in [9.17, 15) is 22.9 Å². The van der Waals surface area contributed by atoms with Gasteiger partial charge in [-0.15, -0.1) is 0 Å². The first-order valence-corrected chi connectivity index (χ1v) is 9.49. The van der Waals surface area contributed by atoms with Crippen molar-refractivity contribution in [3.8, 4) is 0 Å². The molecule has 0 aliphatic carbocycles. The Bertz CT molecular complexity index is 941. The summed E-state index contributed by atoms with van der Waals surface area (Å²) in [6, 6.07) is 10.2. The van der Waals surface area contributed by atoms with Gasteiger partial charge in [-0.3, -0.25) is 10.1 Å². The third-order valence-corrected chi connectivity index (χ3v) is 6.34. The smallest absolute Gasteiger partial charge is 0.273 e. The third-order valence-electron chi connectivity index (χ3n) is 4.45. The van der Waals surface area contributed by atoms with Gasteiger partial charge >= 0.3 is 0 Å². The van der Waals surface area contributed by atoms with Gasteiger partial charge in [0.2, 0.25) is 10.0 Å². The highest BCUT2D eigenvalue weighted by Gasteiger charge is 2.30. The SMILES string of the molecule is Cc1ccc(S(=O)(=O)N2CCN(c3ccccc3F)CC2)cc1[N+](=O)[O-]. The first kappa shape index (κ1) is 18.3. The number of nitro groups is 1. The van der Waals surface area contributed by atoms with E-state index in [0.717, 1.165) is 6.07 Å². The molecule has 26 heavy (non-hydrogen) atoms. The van der Waals surface area contributed by atoms with E-state index in [1.807, 2.05) is 0 Å². The third kappa shape index (κ3) is 3.40. The van der Waals surface area contributed by atoms with Crippen molar-refractivity contribution in [3.05, 3.63) is 64.0 Å². The molecular weight excluding hydrogens is 361 g/mol. The molecule has 1 fully saturated rings. The molecule has 1 aliphatic heterocycles. The maximum Gasteiger partial charge on any atom is 0.273 e. The zero-order valence-electron chi connectivity index (χ0n) is 14.1. The number of halogens is 1. The number of sulfonamides is 1. The van der Waals surface area contributed by atoms with Crippen molar-refractivity contribution in [2.45, 2.75) is 11.8 Å². The van der Waals surface area contributed by atoms with Crippen LogP contribution in [0.1, 0.15) is 5.56 Å². The molecule has 0 bridgehead atoms. The fraction of sp³-hybridized carbons (Fsp3) is 0.294. The van der Waals surface area contributed by atoms with Crippen LogP contribution in [0.5, 0.6) is 0 Å². The lowest BCUT2D eigenvalue weighted by atomic mass is 10.2. The zero-order chi connectivity index (χ0) is 18.9. The lowest BCUT2D eigenvalue weighted by Gasteiger charge is -2.35. The van der Waals surface area contributed by atoms with Gasteiger partial charge in [-0.25, -0.2) is 12.8 Å². The van der Waals surface area contributed by atoms with E-state index in [4.69, 9.17) is 0 Å². The molecule has 0 amide bonds. The fourth-order valence-corrected chi connectivity index (χ4v) is 4.42. The molecule has 0 atom stereocenters. The zero-order valence-corrected chi connectivity index (χ0v) is 14.9. The van der Waals surface area contributed by atoms with Crippen molar-refractivity contribution in [1.29, 1.82) is 0 Å². The van der Waals surface area contributed by atoms with Crippen LogP contribution < -0.4 is 4.90 Å².